The lowest BCUT2D eigenvalue weighted by atomic mass is 10.2. The summed E-state index contributed by atoms with van der Waals surface area (Å²) in [6.45, 7) is 0. The van der Waals surface area contributed by atoms with Crippen molar-refractivity contribution in [2.75, 3.05) is 36.8 Å². The molecule has 8 heteroatoms. The molecule has 2 unspecified atom stereocenters. The van der Waals surface area contributed by atoms with Gasteiger partial charge in [-0.25, -0.2) is 5.84 Å². The zero-order valence-electron chi connectivity index (χ0n) is 11.6. The molecule has 1 aromatic rings. The van der Waals surface area contributed by atoms with Crippen molar-refractivity contribution >= 4 is 17.8 Å². The second-order valence-electron chi connectivity index (χ2n) is 4.78. The summed E-state index contributed by atoms with van der Waals surface area (Å²) in [6.07, 6.45) is 3.45. The van der Waals surface area contributed by atoms with Gasteiger partial charge < -0.3 is 15.0 Å². The third kappa shape index (κ3) is 3.21. The Bertz CT molecular complexity index is 426. The van der Waals surface area contributed by atoms with Gasteiger partial charge in [0.2, 0.25) is 17.8 Å². The van der Waals surface area contributed by atoms with Gasteiger partial charge >= 0.3 is 0 Å². The lowest BCUT2D eigenvalue weighted by Crippen LogP contribution is -2.31. The van der Waals surface area contributed by atoms with E-state index in [1.165, 1.54) is 0 Å². The number of ether oxygens (including phenoxy) is 1. The molecule has 106 valence electrons. The van der Waals surface area contributed by atoms with E-state index in [-0.39, 0.29) is 12.1 Å². The molecular formula is C11H21N7O. The monoisotopic (exact) mass is 267 g/mol. The molecule has 4 N–H and O–H groups in total. The zero-order chi connectivity index (χ0) is 13.8. The summed E-state index contributed by atoms with van der Waals surface area (Å²) in [6, 6.07) is 0.230. The number of nitrogens with zero attached hydrogens (tertiary/aromatic N) is 4. The van der Waals surface area contributed by atoms with Gasteiger partial charge in [-0.05, 0) is 19.3 Å². The van der Waals surface area contributed by atoms with Gasteiger partial charge in [0.25, 0.3) is 0 Å². The van der Waals surface area contributed by atoms with Crippen molar-refractivity contribution in [1.29, 1.82) is 0 Å². The molecule has 1 aliphatic rings. The van der Waals surface area contributed by atoms with E-state index in [9.17, 15) is 0 Å². The summed E-state index contributed by atoms with van der Waals surface area (Å²) in [5.41, 5.74) is 2.45. The fourth-order valence-corrected chi connectivity index (χ4v) is 2.23. The van der Waals surface area contributed by atoms with Crippen molar-refractivity contribution in [3.05, 3.63) is 0 Å². The number of hydrazine groups is 1. The van der Waals surface area contributed by atoms with Crippen LogP contribution in [-0.2, 0) is 4.74 Å². The van der Waals surface area contributed by atoms with Crippen LogP contribution < -0.4 is 21.5 Å². The predicted molar refractivity (Wildman–Crippen MR) is 74.0 cm³/mol. The third-order valence-electron chi connectivity index (χ3n) is 3.22. The van der Waals surface area contributed by atoms with Crippen molar-refractivity contribution < 1.29 is 4.74 Å². The number of methoxy groups -OCH3 is 1. The standard InChI is InChI=1S/C11H21N7O/c1-18(2)11-15-9(14-10(16-11)17-12)13-7-5-4-6-8(7)19-3/h7-8H,4-6,12H2,1-3H3,(H2,13,14,15,16,17). The van der Waals surface area contributed by atoms with Crippen LogP contribution in [0.2, 0.25) is 0 Å². The Kier molecular flexibility index (Phi) is 4.33. The molecule has 2 rings (SSSR count). The van der Waals surface area contributed by atoms with E-state index in [0.717, 1.165) is 19.3 Å². The van der Waals surface area contributed by atoms with E-state index in [4.69, 9.17) is 10.6 Å². The maximum atomic E-state index is 5.45. The molecule has 0 amide bonds. The Morgan fingerprint density at radius 2 is 1.95 bits per heavy atom. The van der Waals surface area contributed by atoms with Crippen molar-refractivity contribution in [3.63, 3.8) is 0 Å². The first-order valence-electron chi connectivity index (χ1n) is 6.33. The van der Waals surface area contributed by atoms with E-state index in [2.05, 4.69) is 25.7 Å². The average Bonchev–Trinajstić information content (AvgIpc) is 2.85. The minimum atomic E-state index is 0.203. The number of nitrogens with one attached hydrogen (secondary N) is 2. The van der Waals surface area contributed by atoms with Crippen LogP contribution >= 0.6 is 0 Å². The van der Waals surface area contributed by atoms with Gasteiger partial charge in [-0.1, -0.05) is 0 Å². The van der Waals surface area contributed by atoms with Gasteiger partial charge in [0.15, 0.2) is 0 Å². The smallest absolute Gasteiger partial charge is 0.243 e. The largest absolute Gasteiger partial charge is 0.379 e. The minimum absolute atomic E-state index is 0.203. The highest BCUT2D eigenvalue weighted by Crippen LogP contribution is 2.24. The van der Waals surface area contributed by atoms with E-state index >= 15 is 0 Å². The van der Waals surface area contributed by atoms with Crippen LogP contribution in [0.25, 0.3) is 0 Å². The predicted octanol–water partition coefficient (Wildman–Crippen LogP) is 0.203. The highest BCUT2D eigenvalue weighted by molar-refractivity contribution is 5.43. The molecule has 1 heterocycles. The third-order valence-corrected chi connectivity index (χ3v) is 3.22. The number of anilines is 3. The van der Waals surface area contributed by atoms with Crippen LogP contribution in [0, 0.1) is 0 Å². The van der Waals surface area contributed by atoms with Crippen molar-refractivity contribution in [3.8, 4) is 0 Å². The zero-order valence-corrected chi connectivity index (χ0v) is 11.6. The Balaban J connectivity index is 2.17. The maximum absolute atomic E-state index is 5.45. The molecule has 2 atom stereocenters. The normalized spacial score (nSPS) is 22.3. The summed E-state index contributed by atoms with van der Waals surface area (Å²) in [4.78, 5) is 14.5. The van der Waals surface area contributed by atoms with E-state index in [1.807, 2.05) is 14.1 Å². The van der Waals surface area contributed by atoms with Gasteiger partial charge in [-0.15, -0.1) is 0 Å². The van der Waals surface area contributed by atoms with Crippen LogP contribution in [-0.4, -0.2) is 48.3 Å². The maximum Gasteiger partial charge on any atom is 0.243 e. The first-order chi connectivity index (χ1) is 9.13. The van der Waals surface area contributed by atoms with Gasteiger partial charge in [-0.2, -0.15) is 15.0 Å². The average molecular weight is 267 g/mol. The molecule has 19 heavy (non-hydrogen) atoms. The van der Waals surface area contributed by atoms with Crippen LogP contribution in [0.1, 0.15) is 19.3 Å². The lowest BCUT2D eigenvalue weighted by Gasteiger charge is -2.20. The van der Waals surface area contributed by atoms with Crippen molar-refractivity contribution in [2.24, 2.45) is 5.84 Å². The first-order valence-corrected chi connectivity index (χ1v) is 6.33. The molecule has 1 aromatic heterocycles. The quantitative estimate of drug-likeness (QED) is 0.514. The van der Waals surface area contributed by atoms with Crippen molar-refractivity contribution in [2.45, 2.75) is 31.4 Å². The molecule has 0 aromatic carbocycles. The molecule has 0 bridgehead atoms. The summed E-state index contributed by atoms with van der Waals surface area (Å²) in [7, 11) is 5.47. The van der Waals surface area contributed by atoms with Crippen LogP contribution in [0.15, 0.2) is 0 Å². The molecule has 1 aliphatic carbocycles. The number of nitrogens with two attached hydrogens (primary N) is 1. The number of aromatic nitrogens is 3. The summed E-state index contributed by atoms with van der Waals surface area (Å²) < 4.78 is 5.45. The Morgan fingerprint density at radius 3 is 2.58 bits per heavy atom. The summed E-state index contributed by atoms with van der Waals surface area (Å²) in [5.74, 6) is 6.78. The van der Waals surface area contributed by atoms with Gasteiger partial charge in [0, 0.05) is 21.2 Å². The van der Waals surface area contributed by atoms with E-state index in [0.29, 0.717) is 17.8 Å². The lowest BCUT2D eigenvalue weighted by molar-refractivity contribution is 0.101. The van der Waals surface area contributed by atoms with Crippen molar-refractivity contribution in [1.82, 2.24) is 15.0 Å². The van der Waals surface area contributed by atoms with Crippen LogP contribution in [0.3, 0.4) is 0 Å². The van der Waals surface area contributed by atoms with Crippen LogP contribution in [0.4, 0.5) is 17.8 Å². The van der Waals surface area contributed by atoms with Gasteiger partial charge in [0.05, 0.1) is 12.1 Å². The fraction of sp³-hybridized carbons (Fsp3) is 0.727. The molecule has 1 fully saturated rings. The SMILES string of the molecule is COC1CCCC1Nc1nc(NN)nc(N(C)C)n1. The molecule has 0 saturated heterocycles. The van der Waals surface area contributed by atoms with Gasteiger partial charge in [0.1, 0.15) is 0 Å². The van der Waals surface area contributed by atoms with Gasteiger partial charge in [-0.3, -0.25) is 5.43 Å². The molecule has 1 saturated carbocycles. The Morgan fingerprint density at radius 1 is 1.21 bits per heavy atom. The molecule has 0 spiro atoms. The Hall–Kier alpha value is -1.67. The molecule has 0 aliphatic heterocycles. The van der Waals surface area contributed by atoms with E-state index < -0.39 is 0 Å². The highest BCUT2D eigenvalue weighted by atomic mass is 16.5. The number of nitrogen functional groups attached to an aromatic ring is 1. The first kappa shape index (κ1) is 13.8. The minimum Gasteiger partial charge on any atom is -0.379 e. The number of hydrogen-bond donors (Lipinski definition) is 3. The summed E-state index contributed by atoms with van der Waals surface area (Å²) >= 11 is 0. The molecule has 0 radical (unpaired) electrons. The fourth-order valence-electron chi connectivity index (χ4n) is 2.23. The number of hydrogen-bond acceptors (Lipinski definition) is 8. The molecular weight excluding hydrogens is 246 g/mol. The second kappa shape index (κ2) is 5.98. The Labute approximate surface area is 112 Å². The summed E-state index contributed by atoms with van der Waals surface area (Å²) in [5, 5.41) is 3.30. The van der Waals surface area contributed by atoms with E-state index in [1.54, 1.807) is 12.0 Å². The molecule has 8 nitrogen and oxygen atoms in total. The topological polar surface area (TPSA) is 101 Å². The van der Waals surface area contributed by atoms with Crippen LogP contribution in [0.5, 0.6) is 0 Å². The second-order valence-corrected chi connectivity index (χ2v) is 4.78. The number of rotatable bonds is 5. The highest BCUT2D eigenvalue weighted by Gasteiger charge is 2.27.